The molecule has 108 valence electrons. The van der Waals surface area contributed by atoms with Crippen molar-refractivity contribution in [3.05, 3.63) is 18.2 Å². The number of carbonyl (C=O) groups is 2. The molecule has 0 spiro atoms. The van der Waals surface area contributed by atoms with Crippen LogP contribution < -0.4 is 20.7 Å². The van der Waals surface area contributed by atoms with Crippen molar-refractivity contribution < 1.29 is 14.3 Å². The lowest BCUT2D eigenvalue weighted by molar-refractivity contribution is -0.119. The summed E-state index contributed by atoms with van der Waals surface area (Å²) in [6, 6.07) is 5.09. The molecule has 3 N–H and O–H groups in total. The summed E-state index contributed by atoms with van der Waals surface area (Å²) in [4.78, 5) is 23.1. The summed E-state index contributed by atoms with van der Waals surface area (Å²) in [5.74, 6) is 0.383. The number of carbonyl (C=O) groups excluding carboxylic acids is 2. The molecule has 0 saturated carbocycles. The van der Waals surface area contributed by atoms with Gasteiger partial charge in [0, 0.05) is 11.8 Å². The predicted molar refractivity (Wildman–Crippen MR) is 77.5 cm³/mol. The maximum Gasteiger partial charge on any atom is 0.262 e. The number of halogens is 1. The van der Waals surface area contributed by atoms with E-state index in [9.17, 15) is 9.59 Å². The van der Waals surface area contributed by atoms with Gasteiger partial charge in [0.1, 0.15) is 5.75 Å². The molecular formula is C13H16ClN3O3. The maximum atomic E-state index is 12.0. The molecule has 2 aliphatic rings. The highest BCUT2D eigenvalue weighted by atomic mass is 35.5. The fraction of sp³-hybridized carbons (Fsp3) is 0.385. The number of rotatable bonds is 2. The predicted octanol–water partition coefficient (Wildman–Crippen LogP) is 1.13. The minimum absolute atomic E-state index is 0. The molecule has 1 saturated heterocycles. The van der Waals surface area contributed by atoms with Gasteiger partial charge >= 0.3 is 0 Å². The van der Waals surface area contributed by atoms with E-state index in [1.165, 1.54) is 0 Å². The maximum absolute atomic E-state index is 12.0. The van der Waals surface area contributed by atoms with E-state index < -0.39 is 0 Å². The topological polar surface area (TPSA) is 79.5 Å². The summed E-state index contributed by atoms with van der Waals surface area (Å²) in [5, 5.41) is 8.70. The van der Waals surface area contributed by atoms with Crippen LogP contribution in [-0.4, -0.2) is 31.0 Å². The fourth-order valence-corrected chi connectivity index (χ4v) is 2.29. The first-order chi connectivity index (χ1) is 9.22. The zero-order chi connectivity index (χ0) is 13.2. The molecular weight excluding hydrogens is 282 g/mol. The molecule has 7 heteroatoms. The lowest BCUT2D eigenvalue weighted by atomic mass is 10.2. The summed E-state index contributed by atoms with van der Waals surface area (Å²) < 4.78 is 5.30. The molecule has 0 aliphatic carbocycles. The van der Waals surface area contributed by atoms with E-state index in [0.717, 1.165) is 19.4 Å². The third-order valence-electron chi connectivity index (χ3n) is 3.26. The van der Waals surface area contributed by atoms with Crippen molar-refractivity contribution in [2.45, 2.75) is 18.9 Å². The van der Waals surface area contributed by atoms with Crippen molar-refractivity contribution in [2.24, 2.45) is 0 Å². The molecule has 0 radical (unpaired) electrons. The minimum atomic E-state index is -0.167. The van der Waals surface area contributed by atoms with E-state index in [4.69, 9.17) is 4.74 Å². The molecule has 1 unspecified atom stereocenters. The lowest BCUT2D eigenvalue weighted by Crippen LogP contribution is -2.35. The normalized spacial score (nSPS) is 20.2. The molecule has 1 fully saturated rings. The van der Waals surface area contributed by atoms with Gasteiger partial charge in [-0.2, -0.15) is 0 Å². The lowest BCUT2D eigenvalue weighted by Gasteiger charge is -2.19. The van der Waals surface area contributed by atoms with Gasteiger partial charge in [0.25, 0.3) is 5.91 Å². The number of fused-ring (bicyclic) bond motifs is 1. The van der Waals surface area contributed by atoms with Crippen LogP contribution >= 0.6 is 12.4 Å². The van der Waals surface area contributed by atoms with Gasteiger partial charge in [0.15, 0.2) is 6.61 Å². The van der Waals surface area contributed by atoms with Crippen LogP contribution in [0.5, 0.6) is 5.75 Å². The first kappa shape index (κ1) is 14.6. The van der Waals surface area contributed by atoms with Gasteiger partial charge < -0.3 is 20.7 Å². The molecule has 0 bridgehead atoms. The van der Waals surface area contributed by atoms with Gasteiger partial charge in [-0.3, -0.25) is 9.59 Å². The highest BCUT2D eigenvalue weighted by molar-refractivity contribution is 5.98. The number of ether oxygens (including phenoxy) is 1. The Morgan fingerprint density at radius 2 is 2.25 bits per heavy atom. The average Bonchev–Trinajstić information content (AvgIpc) is 2.93. The molecule has 2 amide bonds. The summed E-state index contributed by atoms with van der Waals surface area (Å²) >= 11 is 0. The largest absolute Gasteiger partial charge is 0.482 e. The zero-order valence-corrected chi connectivity index (χ0v) is 11.6. The van der Waals surface area contributed by atoms with E-state index in [-0.39, 0.29) is 36.9 Å². The van der Waals surface area contributed by atoms with Crippen molar-refractivity contribution in [3.8, 4) is 5.75 Å². The Morgan fingerprint density at radius 1 is 1.40 bits per heavy atom. The number of benzene rings is 1. The number of hydrogen-bond donors (Lipinski definition) is 3. The monoisotopic (exact) mass is 297 g/mol. The smallest absolute Gasteiger partial charge is 0.262 e. The Balaban J connectivity index is 0.00000147. The summed E-state index contributed by atoms with van der Waals surface area (Å²) in [5.41, 5.74) is 1.31. The SMILES string of the molecule is Cl.O=C1COc2cc(NC(=O)C3CCCN3)ccc2N1. The molecule has 1 atom stereocenters. The quantitative estimate of drug-likeness (QED) is 0.764. The molecule has 1 aromatic carbocycles. The first-order valence-electron chi connectivity index (χ1n) is 6.33. The van der Waals surface area contributed by atoms with Crippen LogP contribution in [0.15, 0.2) is 18.2 Å². The van der Waals surface area contributed by atoms with Crippen molar-refractivity contribution in [1.82, 2.24) is 5.32 Å². The van der Waals surface area contributed by atoms with Crippen LogP contribution in [0.4, 0.5) is 11.4 Å². The minimum Gasteiger partial charge on any atom is -0.482 e. The highest BCUT2D eigenvalue weighted by Gasteiger charge is 2.22. The standard InChI is InChI=1S/C13H15N3O3.ClH/c17-12-7-19-11-6-8(3-4-9(11)16-12)15-13(18)10-2-1-5-14-10;/h3-4,6,10,14H,1-2,5,7H2,(H,15,18)(H,16,17);1H. The van der Waals surface area contributed by atoms with E-state index >= 15 is 0 Å². The van der Waals surface area contributed by atoms with Crippen molar-refractivity contribution in [2.75, 3.05) is 23.8 Å². The van der Waals surface area contributed by atoms with Crippen molar-refractivity contribution in [1.29, 1.82) is 0 Å². The molecule has 6 nitrogen and oxygen atoms in total. The Hall–Kier alpha value is -1.79. The zero-order valence-electron chi connectivity index (χ0n) is 10.8. The van der Waals surface area contributed by atoms with Gasteiger partial charge in [-0.05, 0) is 31.5 Å². The van der Waals surface area contributed by atoms with Gasteiger partial charge in [0.05, 0.1) is 11.7 Å². The summed E-state index contributed by atoms with van der Waals surface area (Å²) in [7, 11) is 0. The van der Waals surface area contributed by atoms with Gasteiger partial charge in [-0.15, -0.1) is 12.4 Å². The molecule has 1 aromatic rings. The van der Waals surface area contributed by atoms with Crippen LogP contribution in [-0.2, 0) is 9.59 Å². The number of amides is 2. The molecule has 3 rings (SSSR count). The van der Waals surface area contributed by atoms with Crippen LogP contribution in [0.25, 0.3) is 0 Å². The van der Waals surface area contributed by atoms with Crippen molar-refractivity contribution >= 4 is 35.6 Å². The van der Waals surface area contributed by atoms with Gasteiger partial charge in [-0.25, -0.2) is 0 Å². The highest BCUT2D eigenvalue weighted by Crippen LogP contribution is 2.30. The second-order valence-corrected chi connectivity index (χ2v) is 4.69. The number of anilines is 2. The average molecular weight is 298 g/mol. The number of nitrogens with one attached hydrogen (secondary N) is 3. The third-order valence-corrected chi connectivity index (χ3v) is 3.26. The van der Waals surface area contributed by atoms with Gasteiger partial charge in [-0.1, -0.05) is 0 Å². The molecule has 0 aromatic heterocycles. The van der Waals surface area contributed by atoms with Crippen LogP contribution in [0, 0.1) is 0 Å². The number of hydrogen-bond acceptors (Lipinski definition) is 4. The van der Waals surface area contributed by atoms with Gasteiger partial charge in [0.2, 0.25) is 5.91 Å². The molecule has 20 heavy (non-hydrogen) atoms. The van der Waals surface area contributed by atoms with Crippen molar-refractivity contribution in [3.63, 3.8) is 0 Å². The van der Waals surface area contributed by atoms with Crippen LogP contribution in [0.1, 0.15) is 12.8 Å². The first-order valence-corrected chi connectivity index (χ1v) is 6.33. The Morgan fingerprint density at radius 3 is 3.00 bits per heavy atom. The van der Waals surface area contributed by atoms with E-state index in [1.807, 2.05) is 0 Å². The fourth-order valence-electron chi connectivity index (χ4n) is 2.29. The Labute approximate surface area is 122 Å². The third kappa shape index (κ3) is 3.02. The van der Waals surface area contributed by atoms with Crippen LogP contribution in [0.2, 0.25) is 0 Å². The summed E-state index contributed by atoms with van der Waals surface area (Å²) in [6.07, 6.45) is 1.89. The Bertz CT molecular complexity index is 530. The van der Waals surface area contributed by atoms with E-state index in [1.54, 1.807) is 18.2 Å². The summed E-state index contributed by atoms with van der Waals surface area (Å²) in [6.45, 7) is 0.895. The van der Waals surface area contributed by atoms with E-state index in [2.05, 4.69) is 16.0 Å². The second-order valence-electron chi connectivity index (χ2n) is 4.69. The Kier molecular flexibility index (Phi) is 4.46. The molecule has 2 heterocycles. The second kappa shape index (κ2) is 6.11. The van der Waals surface area contributed by atoms with E-state index in [0.29, 0.717) is 17.1 Å². The molecule has 2 aliphatic heterocycles. The van der Waals surface area contributed by atoms with Crippen LogP contribution in [0.3, 0.4) is 0 Å².